The molecule has 1 aromatic heterocycles. The van der Waals surface area contributed by atoms with Crippen LogP contribution in [0.1, 0.15) is 34.6 Å². The van der Waals surface area contributed by atoms with E-state index in [4.69, 9.17) is 5.11 Å². The standard InChI is InChI=1S/C19H21F2NO3S/c1-13-5-7-15(26-13)3-2-4-18(23)22(10-9-19(24)25)12-14-6-8-16(20)17(21)11-14/h5-8,11H,2-4,9-10,12H2,1H3,(H,24,25). The van der Waals surface area contributed by atoms with Gasteiger partial charge in [-0.15, -0.1) is 11.3 Å². The molecule has 1 heterocycles. The van der Waals surface area contributed by atoms with Crippen molar-refractivity contribution in [1.29, 1.82) is 0 Å². The molecule has 140 valence electrons. The quantitative estimate of drug-likeness (QED) is 0.710. The average molecular weight is 381 g/mol. The molecule has 2 aromatic rings. The zero-order chi connectivity index (χ0) is 19.1. The number of hydrogen-bond acceptors (Lipinski definition) is 3. The normalized spacial score (nSPS) is 10.7. The van der Waals surface area contributed by atoms with E-state index in [-0.39, 0.29) is 31.8 Å². The second kappa shape index (κ2) is 9.43. The number of thiophene rings is 1. The van der Waals surface area contributed by atoms with E-state index in [0.29, 0.717) is 12.0 Å². The largest absolute Gasteiger partial charge is 0.481 e. The topological polar surface area (TPSA) is 57.6 Å². The van der Waals surface area contributed by atoms with Crippen molar-refractivity contribution in [2.45, 2.75) is 39.2 Å². The first-order valence-corrected chi connectivity index (χ1v) is 9.15. The van der Waals surface area contributed by atoms with Gasteiger partial charge in [0.05, 0.1) is 6.42 Å². The molecule has 0 bridgehead atoms. The summed E-state index contributed by atoms with van der Waals surface area (Å²) in [5.74, 6) is -3.14. The van der Waals surface area contributed by atoms with Crippen molar-refractivity contribution in [2.24, 2.45) is 0 Å². The van der Waals surface area contributed by atoms with E-state index < -0.39 is 17.6 Å². The Morgan fingerprint density at radius 3 is 2.50 bits per heavy atom. The fourth-order valence-corrected chi connectivity index (χ4v) is 3.50. The summed E-state index contributed by atoms with van der Waals surface area (Å²) in [6.45, 7) is 2.11. The highest BCUT2D eigenvalue weighted by atomic mass is 32.1. The molecular weight excluding hydrogens is 360 g/mol. The van der Waals surface area contributed by atoms with Crippen LogP contribution in [0, 0.1) is 18.6 Å². The fourth-order valence-electron chi connectivity index (χ4n) is 2.57. The van der Waals surface area contributed by atoms with Crippen molar-refractivity contribution in [3.05, 3.63) is 57.3 Å². The van der Waals surface area contributed by atoms with Gasteiger partial charge in [0, 0.05) is 29.3 Å². The molecule has 0 aliphatic heterocycles. The minimum absolute atomic E-state index is 0.0330. The van der Waals surface area contributed by atoms with Crippen molar-refractivity contribution in [3.8, 4) is 0 Å². The number of carbonyl (C=O) groups is 2. The SMILES string of the molecule is Cc1ccc(CCCC(=O)N(CCC(=O)O)Cc2ccc(F)c(F)c2)s1. The lowest BCUT2D eigenvalue weighted by atomic mass is 10.1. The number of hydrogen-bond donors (Lipinski definition) is 1. The van der Waals surface area contributed by atoms with Crippen LogP contribution in [0.25, 0.3) is 0 Å². The molecule has 26 heavy (non-hydrogen) atoms. The lowest BCUT2D eigenvalue weighted by Crippen LogP contribution is -2.32. The van der Waals surface area contributed by atoms with Crippen LogP contribution >= 0.6 is 11.3 Å². The number of amides is 1. The van der Waals surface area contributed by atoms with Gasteiger partial charge in [0.25, 0.3) is 0 Å². The number of carboxylic acid groups (broad SMARTS) is 1. The van der Waals surface area contributed by atoms with Crippen LogP contribution in [0.5, 0.6) is 0 Å². The summed E-state index contributed by atoms with van der Waals surface area (Å²) in [5, 5.41) is 8.87. The van der Waals surface area contributed by atoms with Gasteiger partial charge in [-0.1, -0.05) is 6.07 Å². The van der Waals surface area contributed by atoms with E-state index in [1.165, 1.54) is 20.7 Å². The summed E-state index contributed by atoms with van der Waals surface area (Å²) in [6.07, 6.45) is 1.52. The van der Waals surface area contributed by atoms with Crippen molar-refractivity contribution < 1.29 is 23.5 Å². The maximum absolute atomic E-state index is 13.4. The molecule has 1 amide bonds. The predicted octanol–water partition coefficient (Wildman–Crippen LogP) is 4.16. The molecule has 0 saturated heterocycles. The molecule has 4 nitrogen and oxygen atoms in total. The monoisotopic (exact) mass is 381 g/mol. The van der Waals surface area contributed by atoms with E-state index in [2.05, 4.69) is 0 Å². The zero-order valence-corrected chi connectivity index (χ0v) is 15.3. The summed E-state index contributed by atoms with van der Waals surface area (Å²) in [6, 6.07) is 7.50. The van der Waals surface area contributed by atoms with Crippen LogP contribution in [0.4, 0.5) is 8.78 Å². The smallest absolute Gasteiger partial charge is 0.305 e. The third-order valence-electron chi connectivity index (χ3n) is 3.92. The molecule has 0 atom stereocenters. The van der Waals surface area contributed by atoms with Gasteiger partial charge in [-0.3, -0.25) is 9.59 Å². The predicted molar refractivity (Wildman–Crippen MR) is 96.0 cm³/mol. The molecule has 0 unspecified atom stereocenters. The van der Waals surface area contributed by atoms with E-state index in [9.17, 15) is 18.4 Å². The van der Waals surface area contributed by atoms with Crippen LogP contribution in [0.15, 0.2) is 30.3 Å². The fraction of sp³-hybridized carbons (Fsp3) is 0.368. The molecule has 1 aromatic carbocycles. The number of halogens is 2. The molecule has 0 aliphatic rings. The summed E-state index contributed by atoms with van der Waals surface area (Å²) in [4.78, 5) is 27.1. The van der Waals surface area contributed by atoms with Gasteiger partial charge in [0.2, 0.25) is 5.91 Å². The first kappa shape index (κ1) is 20.0. The van der Waals surface area contributed by atoms with Crippen LogP contribution in [0.3, 0.4) is 0 Å². The molecule has 0 fully saturated rings. The zero-order valence-electron chi connectivity index (χ0n) is 14.5. The lowest BCUT2D eigenvalue weighted by molar-refractivity contribution is -0.138. The second-order valence-electron chi connectivity index (χ2n) is 6.07. The summed E-state index contributed by atoms with van der Waals surface area (Å²) < 4.78 is 26.4. The van der Waals surface area contributed by atoms with Gasteiger partial charge in [-0.25, -0.2) is 8.78 Å². The van der Waals surface area contributed by atoms with Gasteiger partial charge < -0.3 is 10.0 Å². The number of aliphatic carboxylic acids is 1. The molecule has 1 N–H and O–H groups in total. The minimum Gasteiger partial charge on any atom is -0.481 e. The Morgan fingerprint density at radius 2 is 1.88 bits per heavy atom. The summed E-state index contributed by atoms with van der Waals surface area (Å²) in [7, 11) is 0. The van der Waals surface area contributed by atoms with Crippen molar-refractivity contribution in [2.75, 3.05) is 6.54 Å². The van der Waals surface area contributed by atoms with Gasteiger partial charge in [0.15, 0.2) is 11.6 Å². The van der Waals surface area contributed by atoms with E-state index >= 15 is 0 Å². The first-order valence-electron chi connectivity index (χ1n) is 8.34. The van der Waals surface area contributed by atoms with E-state index in [1.54, 1.807) is 11.3 Å². The number of aryl methyl sites for hydroxylation is 2. The molecule has 0 radical (unpaired) electrons. The number of benzene rings is 1. The maximum atomic E-state index is 13.4. The number of carbonyl (C=O) groups excluding carboxylic acids is 1. The van der Waals surface area contributed by atoms with Crippen LogP contribution in [-0.4, -0.2) is 28.4 Å². The molecule has 0 aliphatic carbocycles. The third kappa shape index (κ3) is 6.22. The molecule has 2 rings (SSSR count). The molecule has 7 heteroatoms. The number of rotatable bonds is 9. The Hall–Kier alpha value is -2.28. The molecular formula is C19H21F2NO3S. The lowest BCUT2D eigenvalue weighted by Gasteiger charge is -2.22. The first-order chi connectivity index (χ1) is 12.3. The Labute approximate surface area is 155 Å². The highest BCUT2D eigenvalue weighted by molar-refractivity contribution is 7.11. The average Bonchev–Trinajstić information content (AvgIpc) is 2.99. The minimum atomic E-state index is -1.01. The Kier molecular flexibility index (Phi) is 7.26. The van der Waals surface area contributed by atoms with Crippen LogP contribution < -0.4 is 0 Å². The van der Waals surface area contributed by atoms with Crippen LogP contribution in [-0.2, 0) is 22.6 Å². The number of nitrogens with zero attached hydrogens (tertiary/aromatic N) is 1. The van der Waals surface area contributed by atoms with E-state index in [0.717, 1.165) is 18.6 Å². The Bertz CT molecular complexity index is 776. The summed E-state index contributed by atoms with van der Waals surface area (Å²) >= 11 is 1.69. The van der Waals surface area contributed by atoms with Gasteiger partial charge in [0.1, 0.15) is 0 Å². The third-order valence-corrected chi connectivity index (χ3v) is 4.98. The maximum Gasteiger partial charge on any atom is 0.305 e. The van der Waals surface area contributed by atoms with Crippen LogP contribution in [0.2, 0.25) is 0 Å². The van der Waals surface area contributed by atoms with E-state index in [1.807, 2.05) is 19.1 Å². The highest BCUT2D eigenvalue weighted by Gasteiger charge is 2.16. The van der Waals surface area contributed by atoms with Gasteiger partial charge in [-0.2, -0.15) is 0 Å². The Morgan fingerprint density at radius 1 is 1.12 bits per heavy atom. The highest BCUT2D eigenvalue weighted by Crippen LogP contribution is 2.18. The second-order valence-corrected chi connectivity index (χ2v) is 7.45. The number of carboxylic acids is 1. The molecule has 0 saturated carbocycles. The van der Waals surface area contributed by atoms with Crippen molar-refractivity contribution in [3.63, 3.8) is 0 Å². The summed E-state index contributed by atoms with van der Waals surface area (Å²) in [5.41, 5.74) is 0.427. The molecule has 0 spiro atoms. The van der Waals surface area contributed by atoms with Crippen molar-refractivity contribution in [1.82, 2.24) is 4.90 Å². The van der Waals surface area contributed by atoms with Crippen molar-refractivity contribution >= 4 is 23.2 Å². The van der Waals surface area contributed by atoms with Gasteiger partial charge in [-0.05, 0) is 49.6 Å². The Balaban J connectivity index is 1.96. The van der Waals surface area contributed by atoms with Gasteiger partial charge >= 0.3 is 5.97 Å².